The first-order valence-corrected chi connectivity index (χ1v) is 5.12. The lowest BCUT2D eigenvalue weighted by Crippen LogP contribution is -2.21. The van der Waals surface area contributed by atoms with E-state index < -0.39 is 17.2 Å². The second-order valence-corrected chi connectivity index (χ2v) is 4.42. The Labute approximate surface area is 95.6 Å². The van der Waals surface area contributed by atoms with E-state index in [-0.39, 0.29) is 15.6 Å². The Morgan fingerprint density at radius 1 is 1.33 bits per heavy atom. The lowest BCUT2D eigenvalue weighted by molar-refractivity contribution is -0.140. The maximum atomic E-state index is 13.7. The molecule has 2 nitrogen and oxygen atoms in total. The van der Waals surface area contributed by atoms with Crippen LogP contribution in [0, 0.1) is 5.82 Å². The highest BCUT2D eigenvalue weighted by molar-refractivity contribution is 6.34. The second-order valence-electron chi connectivity index (χ2n) is 3.61. The molecule has 80 valence electrons. The molecular weight excluding hydrogens is 242 g/mol. The first-order valence-electron chi connectivity index (χ1n) is 4.36. The fourth-order valence-corrected chi connectivity index (χ4v) is 2.15. The molecule has 0 unspecified atom stereocenters. The van der Waals surface area contributed by atoms with Gasteiger partial charge in [0, 0.05) is 10.6 Å². The molecule has 0 radical (unpaired) electrons. The van der Waals surface area contributed by atoms with E-state index in [1.807, 2.05) is 0 Å². The molecule has 0 saturated heterocycles. The van der Waals surface area contributed by atoms with Gasteiger partial charge in [0.1, 0.15) is 5.82 Å². The quantitative estimate of drug-likeness (QED) is 0.817. The van der Waals surface area contributed by atoms with Crippen molar-refractivity contribution in [1.82, 2.24) is 0 Å². The molecule has 15 heavy (non-hydrogen) atoms. The van der Waals surface area contributed by atoms with Gasteiger partial charge in [0.2, 0.25) is 0 Å². The number of benzene rings is 1. The molecule has 5 heteroatoms. The number of carboxylic acids is 1. The Hall–Kier alpha value is -0.800. The molecule has 0 bridgehead atoms. The van der Waals surface area contributed by atoms with Crippen LogP contribution in [0.25, 0.3) is 0 Å². The summed E-state index contributed by atoms with van der Waals surface area (Å²) in [4.78, 5) is 11.0. The minimum Gasteiger partial charge on any atom is -0.481 e. The van der Waals surface area contributed by atoms with E-state index >= 15 is 0 Å². The van der Waals surface area contributed by atoms with E-state index in [9.17, 15) is 9.18 Å². The number of carbonyl (C=O) groups is 1. The molecule has 2 rings (SSSR count). The van der Waals surface area contributed by atoms with Crippen molar-refractivity contribution in [2.24, 2.45) is 0 Å². The minimum absolute atomic E-state index is 0.0177. The zero-order chi connectivity index (χ0) is 11.2. The van der Waals surface area contributed by atoms with Gasteiger partial charge >= 0.3 is 5.97 Å². The molecule has 1 aromatic rings. The van der Waals surface area contributed by atoms with Crippen molar-refractivity contribution in [3.63, 3.8) is 0 Å². The van der Waals surface area contributed by atoms with Crippen LogP contribution < -0.4 is 0 Å². The van der Waals surface area contributed by atoms with Crippen molar-refractivity contribution >= 4 is 29.2 Å². The number of rotatable bonds is 2. The van der Waals surface area contributed by atoms with Crippen molar-refractivity contribution in [2.45, 2.75) is 18.3 Å². The standard InChI is InChI=1S/C10H7Cl2FO2/c11-5-1-2-6(12)8(13)7(5)10(3-4-10)9(14)15/h1-2H,3-4H2,(H,14,15). The van der Waals surface area contributed by atoms with Crippen molar-refractivity contribution in [1.29, 1.82) is 0 Å². The lowest BCUT2D eigenvalue weighted by Gasteiger charge is -2.13. The first-order chi connectivity index (χ1) is 6.99. The molecule has 0 heterocycles. The summed E-state index contributed by atoms with van der Waals surface area (Å²) >= 11 is 11.4. The summed E-state index contributed by atoms with van der Waals surface area (Å²) in [6.45, 7) is 0. The van der Waals surface area contributed by atoms with Gasteiger partial charge in [-0.2, -0.15) is 0 Å². The summed E-state index contributed by atoms with van der Waals surface area (Å²) in [5.41, 5.74) is -1.14. The Bertz CT molecular complexity index is 441. The van der Waals surface area contributed by atoms with Crippen molar-refractivity contribution in [3.05, 3.63) is 33.6 Å². The molecule has 0 aromatic heterocycles. The summed E-state index contributed by atoms with van der Waals surface area (Å²) in [6.07, 6.45) is 0.804. The van der Waals surface area contributed by atoms with Crippen LogP contribution >= 0.6 is 23.2 Å². The SMILES string of the molecule is O=C(O)C1(c2c(Cl)ccc(Cl)c2F)CC1. The van der Waals surface area contributed by atoms with E-state index in [4.69, 9.17) is 28.3 Å². The maximum Gasteiger partial charge on any atom is 0.314 e. The zero-order valence-corrected chi connectivity index (χ0v) is 9.07. The van der Waals surface area contributed by atoms with E-state index in [0.717, 1.165) is 0 Å². The number of carboxylic acid groups (broad SMARTS) is 1. The highest BCUT2D eigenvalue weighted by Crippen LogP contribution is 2.52. The fourth-order valence-electron chi connectivity index (χ4n) is 1.66. The monoisotopic (exact) mass is 248 g/mol. The van der Waals surface area contributed by atoms with E-state index in [2.05, 4.69) is 0 Å². The van der Waals surface area contributed by atoms with Gasteiger partial charge in [-0.25, -0.2) is 4.39 Å². The first kappa shape index (κ1) is 10.7. The van der Waals surface area contributed by atoms with Gasteiger partial charge in [0.25, 0.3) is 0 Å². The second kappa shape index (κ2) is 3.35. The van der Waals surface area contributed by atoms with Crippen LogP contribution in [-0.2, 0) is 10.2 Å². The predicted octanol–water partition coefficient (Wildman–Crippen LogP) is 3.25. The third-order valence-corrected chi connectivity index (χ3v) is 3.29. The zero-order valence-electron chi connectivity index (χ0n) is 7.56. The summed E-state index contributed by atoms with van der Waals surface area (Å²) < 4.78 is 13.7. The maximum absolute atomic E-state index is 13.7. The van der Waals surface area contributed by atoms with Crippen molar-refractivity contribution in [3.8, 4) is 0 Å². The Morgan fingerprint density at radius 3 is 2.33 bits per heavy atom. The van der Waals surface area contributed by atoms with E-state index in [0.29, 0.717) is 12.8 Å². The molecule has 1 aromatic carbocycles. The van der Waals surface area contributed by atoms with Gasteiger partial charge in [-0.3, -0.25) is 4.79 Å². The van der Waals surface area contributed by atoms with Gasteiger partial charge in [-0.1, -0.05) is 23.2 Å². The van der Waals surface area contributed by atoms with Crippen LogP contribution in [0.5, 0.6) is 0 Å². The lowest BCUT2D eigenvalue weighted by atomic mass is 9.95. The average molecular weight is 249 g/mol. The van der Waals surface area contributed by atoms with E-state index in [1.165, 1.54) is 12.1 Å². The fraction of sp³-hybridized carbons (Fsp3) is 0.300. The summed E-state index contributed by atoms with van der Waals surface area (Å²) in [5, 5.41) is 9.06. The van der Waals surface area contributed by atoms with Crippen LogP contribution in [-0.4, -0.2) is 11.1 Å². The molecular formula is C10H7Cl2FO2. The van der Waals surface area contributed by atoms with E-state index in [1.54, 1.807) is 0 Å². The summed E-state index contributed by atoms with van der Waals surface area (Å²) in [6, 6.07) is 2.74. The molecule has 0 amide bonds. The number of halogens is 3. The van der Waals surface area contributed by atoms with Crippen molar-refractivity contribution in [2.75, 3.05) is 0 Å². The Kier molecular flexibility index (Phi) is 2.40. The van der Waals surface area contributed by atoms with Gasteiger partial charge in [0.15, 0.2) is 0 Å². The van der Waals surface area contributed by atoms with Crippen LogP contribution in [0.1, 0.15) is 18.4 Å². The topological polar surface area (TPSA) is 37.3 Å². The smallest absolute Gasteiger partial charge is 0.314 e. The molecule has 1 aliphatic carbocycles. The highest BCUT2D eigenvalue weighted by Gasteiger charge is 2.54. The van der Waals surface area contributed by atoms with Crippen LogP contribution in [0.15, 0.2) is 12.1 Å². The molecule has 1 fully saturated rings. The van der Waals surface area contributed by atoms with Gasteiger partial charge in [0.05, 0.1) is 10.4 Å². The van der Waals surface area contributed by atoms with Crippen LogP contribution in [0.3, 0.4) is 0 Å². The molecule has 1 saturated carbocycles. The number of hydrogen-bond donors (Lipinski definition) is 1. The molecule has 1 aliphatic rings. The van der Waals surface area contributed by atoms with Gasteiger partial charge in [-0.05, 0) is 25.0 Å². The van der Waals surface area contributed by atoms with Crippen LogP contribution in [0.4, 0.5) is 4.39 Å². The van der Waals surface area contributed by atoms with Gasteiger partial charge in [-0.15, -0.1) is 0 Å². The minimum atomic E-state index is -1.16. The average Bonchev–Trinajstić information content (AvgIpc) is 2.93. The third kappa shape index (κ3) is 1.50. The Morgan fingerprint density at radius 2 is 1.87 bits per heavy atom. The highest BCUT2D eigenvalue weighted by atomic mass is 35.5. The number of aliphatic carboxylic acids is 1. The molecule has 0 atom stereocenters. The third-order valence-electron chi connectivity index (χ3n) is 2.68. The largest absolute Gasteiger partial charge is 0.481 e. The molecule has 1 N–H and O–H groups in total. The van der Waals surface area contributed by atoms with Crippen molar-refractivity contribution < 1.29 is 14.3 Å². The predicted molar refractivity (Wildman–Crippen MR) is 55.0 cm³/mol. The summed E-state index contributed by atoms with van der Waals surface area (Å²) in [7, 11) is 0. The Balaban J connectivity index is 2.62. The number of hydrogen-bond acceptors (Lipinski definition) is 1. The normalized spacial score (nSPS) is 17.5. The van der Waals surface area contributed by atoms with Crippen LogP contribution in [0.2, 0.25) is 10.0 Å². The molecule has 0 aliphatic heterocycles. The van der Waals surface area contributed by atoms with Gasteiger partial charge < -0.3 is 5.11 Å². The molecule has 0 spiro atoms. The summed E-state index contributed by atoms with van der Waals surface area (Å²) in [5.74, 6) is -1.77.